The third-order valence-electron chi connectivity index (χ3n) is 4.33. The van der Waals surface area contributed by atoms with Crippen molar-refractivity contribution in [3.63, 3.8) is 0 Å². The highest BCUT2D eigenvalue weighted by Crippen LogP contribution is 2.31. The van der Waals surface area contributed by atoms with Gasteiger partial charge < -0.3 is 9.88 Å². The summed E-state index contributed by atoms with van der Waals surface area (Å²) in [6, 6.07) is 28.3. The first-order valence-electron chi connectivity index (χ1n) is 8.17. The first kappa shape index (κ1) is 15.5. The highest BCUT2D eigenvalue weighted by Gasteiger charge is 2.10. The topological polar surface area (TPSA) is 64.5 Å². The van der Waals surface area contributed by atoms with Gasteiger partial charge in [-0.2, -0.15) is 10.5 Å². The van der Waals surface area contributed by atoms with Gasteiger partial charge in [0.25, 0.3) is 0 Å². The van der Waals surface area contributed by atoms with Crippen molar-refractivity contribution in [1.29, 1.82) is 10.5 Å². The summed E-state index contributed by atoms with van der Waals surface area (Å²) < 4.78 is 2.24. The number of benzene rings is 3. The summed E-state index contributed by atoms with van der Waals surface area (Å²) in [5, 5.41) is 23.0. The number of hydrogen-bond acceptors (Lipinski definition) is 3. The van der Waals surface area contributed by atoms with Crippen molar-refractivity contribution in [1.82, 2.24) is 4.57 Å². The SMILES string of the molecule is N#CC(C#N)=CNc1ccc(-n2c3ccccc3c3ccccc32)cc1. The minimum Gasteiger partial charge on any atom is -0.360 e. The average molecular weight is 334 g/mol. The number of para-hydroxylation sites is 2. The second-order valence-electron chi connectivity index (χ2n) is 5.84. The summed E-state index contributed by atoms with van der Waals surface area (Å²) in [4.78, 5) is 0. The van der Waals surface area contributed by atoms with Gasteiger partial charge in [0.1, 0.15) is 17.7 Å². The van der Waals surface area contributed by atoms with Gasteiger partial charge >= 0.3 is 0 Å². The van der Waals surface area contributed by atoms with Gasteiger partial charge in [-0.3, -0.25) is 0 Å². The fourth-order valence-corrected chi connectivity index (χ4v) is 3.15. The molecule has 0 aliphatic rings. The summed E-state index contributed by atoms with van der Waals surface area (Å²) >= 11 is 0. The third kappa shape index (κ3) is 2.56. The van der Waals surface area contributed by atoms with Crippen molar-refractivity contribution in [2.45, 2.75) is 0 Å². The van der Waals surface area contributed by atoms with Crippen molar-refractivity contribution < 1.29 is 0 Å². The van der Waals surface area contributed by atoms with Crippen molar-refractivity contribution in [2.75, 3.05) is 5.32 Å². The van der Waals surface area contributed by atoms with E-state index in [4.69, 9.17) is 10.5 Å². The molecule has 0 aliphatic carbocycles. The quantitative estimate of drug-likeness (QED) is 0.528. The predicted octanol–water partition coefficient (Wildman–Crippen LogP) is 5.13. The molecule has 26 heavy (non-hydrogen) atoms. The maximum atomic E-state index is 8.79. The molecule has 0 radical (unpaired) electrons. The fraction of sp³-hybridized carbons (Fsp3) is 0. The Morgan fingerprint density at radius 1 is 0.769 bits per heavy atom. The van der Waals surface area contributed by atoms with Crippen molar-refractivity contribution in [3.8, 4) is 17.8 Å². The normalized spacial score (nSPS) is 10.2. The molecule has 0 aliphatic heterocycles. The minimum absolute atomic E-state index is 0.0384. The standard InChI is InChI=1S/C22H14N4/c23-13-16(14-24)15-25-17-9-11-18(12-10-17)26-21-7-3-1-5-19(21)20-6-2-4-8-22(20)26/h1-12,15,25H. The van der Waals surface area contributed by atoms with E-state index in [0.29, 0.717) is 0 Å². The van der Waals surface area contributed by atoms with Crippen LogP contribution in [0.25, 0.3) is 27.5 Å². The molecule has 4 nitrogen and oxygen atoms in total. The number of anilines is 1. The lowest BCUT2D eigenvalue weighted by Crippen LogP contribution is -1.95. The van der Waals surface area contributed by atoms with Crippen LogP contribution in [-0.4, -0.2) is 4.57 Å². The zero-order valence-corrected chi connectivity index (χ0v) is 13.8. The van der Waals surface area contributed by atoms with Gasteiger partial charge in [0.15, 0.2) is 0 Å². The largest absolute Gasteiger partial charge is 0.360 e. The van der Waals surface area contributed by atoms with Crippen LogP contribution in [0.15, 0.2) is 84.6 Å². The Kier molecular flexibility index (Phi) is 3.86. The first-order chi connectivity index (χ1) is 12.8. The van der Waals surface area contributed by atoms with Crippen LogP contribution in [0.2, 0.25) is 0 Å². The van der Waals surface area contributed by atoms with Crippen LogP contribution in [0.1, 0.15) is 0 Å². The molecule has 3 aromatic carbocycles. The van der Waals surface area contributed by atoms with Gasteiger partial charge in [0.2, 0.25) is 0 Å². The van der Waals surface area contributed by atoms with Crippen molar-refractivity contribution in [2.24, 2.45) is 0 Å². The second kappa shape index (κ2) is 6.47. The lowest BCUT2D eigenvalue weighted by molar-refractivity contribution is 1.18. The van der Waals surface area contributed by atoms with Gasteiger partial charge in [-0.15, -0.1) is 0 Å². The van der Waals surface area contributed by atoms with E-state index in [-0.39, 0.29) is 5.57 Å². The molecule has 4 heteroatoms. The van der Waals surface area contributed by atoms with E-state index in [1.807, 2.05) is 48.5 Å². The summed E-state index contributed by atoms with van der Waals surface area (Å²) in [6.45, 7) is 0. The molecule has 0 fully saturated rings. The molecule has 0 spiro atoms. The van der Waals surface area contributed by atoms with E-state index < -0.39 is 0 Å². The number of hydrogen-bond donors (Lipinski definition) is 1. The molecular weight excluding hydrogens is 320 g/mol. The van der Waals surface area contributed by atoms with Crippen LogP contribution >= 0.6 is 0 Å². The number of allylic oxidation sites excluding steroid dienone is 1. The average Bonchev–Trinajstić information content (AvgIpc) is 3.04. The molecule has 0 amide bonds. The smallest absolute Gasteiger partial charge is 0.145 e. The number of rotatable bonds is 3. The third-order valence-corrected chi connectivity index (χ3v) is 4.33. The Balaban J connectivity index is 1.80. The monoisotopic (exact) mass is 334 g/mol. The zero-order chi connectivity index (χ0) is 17.9. The Morgan fingerprint density at radius 3 is 1.85 bits per heavy atom. The zero-order valence-electron chi connectivity index (χ0n) is 13.8. The van der Waals surface area contributed by atoms with Crippen molar-refractivity contribution >= 4 is 27.5 Å². The van der Waals surface area contributed by atoms with E-state index in [1.54, 1.807) is 0 Å². The van der Waals surface area contributed by atoms with E-state index in [1.165, 1.54) is 17.0 Å². The van der Waals surface area contributed by atoms with Gasteiger partial charge in [0.05, 0.1) is 11.0 Å². The van der Waals surface area contributed by atoms with E-state index in [9.17, 15) is 0 Å². The van der Waals surface area contributed by atoms with Crippen LogP contribution < -0.4 is 5.32 Å². The number of nitriles is 2. The molecule has 0 saturated carbocycles. The van der Waals surface area contributed by atoms with Gasteiger partial charge in [-0.25, -0.2) is 0 Å². The molecule has 1 heterocycles. The Bertz CT molecular complexity index is 1150. The summed E-state index contributed by atoms with van der Waals surface area (Å²) in [7, 11) is 0. The number of nitrogens with zero attached hydrogens (tertiary/aromatic N) is 3. The lowest BCUT2D eigenvalue weighted by Gasteiger charge is -2.09. The Hall–Kier alpha value is -4.02. The molecule has 0 unspecified atom stereocenters. The molecule has 4 aromatic rings. The highest BCUT2D eigenvalue weighted by atomic mass is 15.0. The maximum absolute atomic E-state index is 8.79. The van der Waals surface area contributed by atoms with E-state index >= 15 is 0 Å². The summed E-state index contributed by atoms with van der Waals surface area (Å²) in [5.74, 6) is 0. The number of nitrogens with one attached hydrogen (secondary N) is 1. The molecule has 122 valence electrons. The van der Waals surface area contributed by atoms with Crippen LogP contribution in [0.3, 0.4) is 0 Å². The molecular formula is C22H14N4. The molecule has 4 rings (SSSR count). The van der Waals surface area contributed by atoms with E-state index in [2.05, 4.69) is 46.3 Å². The Labute approximate surface area is 150 Å². The fourth-order valence-electron chi connectivity index (χ4n) is 3.15. The molecule has 1 N–H and O–H groups in total. The first-order valence-corrected chi connectivity index (χ1v) is 8.17. The minimum atomic E-state index is 0.0384. The lowest BCUT2D eigenvalue weighted by atomic mass is 10.2. The number of fused-ring (bicyclic) bond motifs is 3. The molecule has 1 aromatic heterocycles. The Morgan fingerprint density at radius 2 is 1.31 bits per heavy atom. The molecule has 0 bridgehead atoms. The van der Waals surface area contributed by atoms with Gasteiger partial charge in [-0.05, 0) is 36.4 Å². The van der Waals surface area contributed by atoms with E-state index in [0.717, 1.165) is 22.4 Å². The number of aromatic nitrogens is 1. The van der Waals surface area contributed by atoms with Gasteiger partial charge in [-0.1, -0.05) is 36.4 Å². The van der Waals surface area contributed by atoms with Crippen molar-refractivity contribution in [3.05, 3.63) is 84.6 Å². The second-order valence-corrected chi connectivity index (χ2v) is 5.84. The van der Waals surface area contributed by atoms with Crippen LogP contribution in [0, 0.1) is 22.7 Å². The molecule has 0 saturated heterocycles. The van der Waals surface area contributed by atoms with Gasteiger partial charge in [0, 0.05) is 28.3 Å². The molecule has 0 atom stereocenters. The summed E-state index contributed by atoms with van der Waals surface area (Å²) in [5.41, 5.74) is 4.22. The summed E-state index contributed by atoms with van der Waals surface area (Å²) in [6.07, 6.45) is 1.41. The van der Waals surface area contributed by atoms with Crippen LogP contribution in [0.5, 0.6) is 0 Å². The highest BCUT2D eigenvalue weighted by molar-refractivity contribution is 6.09. The van der Waals surface area contributed by atoms with Crippen LogP contribution in [0.4, 0.5) is 5.69 Å². The maximum Gasteiger partial charge on any atom is 0.145 e. The van der Waals surface area contributed by atoms with Crippen LogP contribution in [-0.2, 0) is 0 Å². The predicted molar refractivity (Wildman–Crippen MR) is 104 cm³/mol.